The van der Waals surface area contributed by atoms with E-state index in [1.807, 2.05) is 37.3 Å². The first kappa shape index (κ1) is 105. The lowest BCUT2D eigenvalue weighted by atomic mass is 10.0. The summed E-state index contributed by atoms with van der Waals surface area (Å²) in [5.41, 5.74) is 25.0. The van der Waals surface area contributed by atoms with Gasteiger partial charge in [0, 0.05) is 87.1 Å². The van der Waals surface area contributed by atoms with Crippen molar-refractivity contribution in [1.29, 1.82) is 0 Å². The minimum atomic E-state index is -1.59. The standard InChI is InChI=1S/C43H63N11O8.C43H78N10O10/c1-25-16-17-36(56)47-18-8-7-14-31(37(44)57)50-40(60)34(21-27-23-49-30-13-6-5-12-29(27)30)52-38(58)32(15-9-19-48-43(45)46)51-39(59)33(20-26-10-3-2-4-11-26)53-41(61)35-22-28(55)24-54(35)42(25)62;1-5-7-9-10-11-12-13-14-15-16-17-18-19-21-36(57)47-26-37(58)53-38(29(3)55)43(63)50-32(22-23-35(44)56)40(60)51-33(24-30-25-46-28-48-30)41(61)52-34(27-54)42(62)49-31(20-8-6-2)39(59)45-4/h2-6,10-13,23,25,28,31-35,37,42,49,55,57,62H,7-9,14-22,24,44H2,1H3,(H,47,56)(H,50,60)(H,51,59)(H,52,58)(H,53,61)(H4,45,46,48);25,28-29,31-34,38-39,45,54-55,59H,5-24,26-27H2,1-4H3,(H2,44,56)(H,46,48)(H,47,57)(H,49,62)(H,50,63)(H,51,60)(H,52,61)(H,53,58)/t25-,28+,31-,32-,33+,34-,35-,37-,42-;29-,31-,32-,33-,34-,38-,39-/m00/s1. The van der Waals surface area contributed by atoms with E-state index >= 15 is 0 Å². The number of fused-ring (bicyclic) bond motifs is 2. The third-order valence-electron chi connectivity index (χ3n) is 22.2. The quantitative estimate of drug-likeness (QED) is 0.0110. The van der Waals surface area contributed by atoms with Crippen molar-refractivity contribution in [3.8, 4) is 0 Å². The van der Waals surface area contributed by atoms with Gasteiger partial charge < -0.3 is 122 Å². The topological polar surface area (TPSA) is 635 Å². The maximum absolute atomic E-state index is 14.4. The van der Waals surface area contributed by atoms with E-state index in [1.165, 1.54) is 89.2 Å². The summed E-state index contributed by atoms with van der Waals surface area (Å²) in [6.07, 6.45) is 16.6. The number of primary amides is 1. The van der Waals surface area contributed by atoms with E-state index < -0.39 is 169 Å². The van der Waals surface area contributed by atoms with Crippen molar-refractivity contribution in [2.75, 3.05) is 39.8 Å². The smallest absolute Gasteiger partial charge is 0.245 e. The zero-order chi connectivity index (χ0) is 91.8. The zero-order valence-electron chi connectivity index (χ0n) is 73.1. The number of guanidine groups is 1. The average molecular weight is 1760 g/mol. The van der Waals surface area contributed by atoms with E-state index in [2.05, 4.69) is 90.7 Å². The fraction of sp³-hybridized carbons (Fsp3) is 0.651. The SMILES string of the molecule is CCCCCCCCCCCCCCCC(=O)NCC(=O)N[C@H](C(=O)N[C@@H](CCC(N)=O)C(=O)N[C@@H](Cc1cnc[nH]1)C(=O)N[C@@H](CO)C(=O)N[C@@H](CCCC)[C@H](O)NC)[C@H](C)O.C[C@H]1CCC(=O)NCCCC[C@@H]([C@@H](N)O)NC(=O)[C@H](Cc2c[nH]c3ccccc23)NC(=O)[C@H](CCCN=C(N)N)NC(=O)[C@@H](Cc2ccccc2)NC(=O)[C@@H]2C[C@@H](O)CN2[C@H]1O. The summed E-state index contributed by atoms with van der Waals surface area (Å²) in [4.78, 5) is 176. The van der Waals surface area contributed by atoms with Crippen LogP contribution in [0.4, 0.5) is 0 Å². The van der Waals surface area contributed by atoms with Gasteiger partial charge in [-0.3, -0.25) is 72.7 Å². The fourth-order valence-corrected chi connectivity index (χ4v) is 14.8. The van der Waals surface area contributed by atoms with Crippen LogP contribution in [0.15, 0.2) is 78.3 Å². The molecule has 0 radical (unpaired) electrons. The molecule has 0 unspecified atom stereocenters. The summed E-state index contributed by atoms with van der Waals surface area (Å²) in [5, 5.41) is 96.0. The Balaban J connectivity index is 0.000000444. The highest BCUT2D eigenvalue weighted by Gasteiger charge is 2.43. The van der Waals surface area contributed by atoms with Gasteiger partial charge in [-0.15, -0.1) is 0 Å². The first-order valence-electron chi connectivity index (χ1n) is 44.2. The van der Waals surface area contributed by atoms with E-state index in [4.69, 9.17) is 22.9 Å². The summed E-state index contributed by atoms with van der Waals surface area (Å²) in [6, 6.07) is 4.09. The number of para-hydroxylation sites is 1. The van der Waals surface area contributed by atoms with Gasteiger partial charge in [-0.1, -0.05) is 159 Å². The Kier molecular flexibility index (Phi) is 48.9. The number of H-pyrrole nitrogens is 2. The van der Waals surface area contributed by atoms with Crippen LogP contribution in [0, 0.1) is 5.92 Å². The van der Waals surface area contributed by atoms with Crippen LogP contribution in [0.5, 0.6) is 0 Å². The average Bonchev–Trinajstić information content (AvgIpc) is 1.75. The van der Waals surface area contributed by atoms with E-state index in [0.717, 1.165) is 42.1 Å². The zero-order valence-corrected chi connectivity index (χ0v) is 73.1. The molecule has 698 valence electrons. The fourth-order valence-electron chi connectivity index (χ4n) is 14.8. The molecule has 2 saturated heterocycles. The molecule has 16 atom stereocenters. The molecule has 39 heteroatoms. The number of aromatic nitrogens is 3. The Hall–Kier alpha value is -10.3. The Bertz CT molecular complexity index is 3970. The molecule has 4 heterocycles. The Morgan fingerprint density at radius 3 is 1.87 bits per heavy atom. The molecule has 28 N–H and O–H groups in total. The van der Waals surface area contributed by atoms with Crippen LogP contribution in [-0.2, 0) is 76.8 Å². The molecule has 2 aliphatic rings. The molecule has 2 aromatic heterocycles. The van der Waals surface area contributed by atoms with Crippen molar-refractivity contribution in [3.05, 3.63) is 90.1 Å². The van der Waals surface area contributed by atoms with Gasteiger partial charge in [-0.25, -0.2) is 4.98 Å². The number of unbranched alkanes of at least 4 members (excludes halogenated alkanes) is 13. The number of aliphatic imine (C=N–C) groups is 1. The van der Waals surface area contributed by atoms with Gasteiger partial charge in [0.2, 0.25) is 70.9 Å². The Labute approximate surface area is 731 Å². The number of likely N-dealkylation sites (N-methyl/N-ethyl adjacent to an activating group) is 1. The molecule has 0 spiro atoms. The molecule has 12 amide bonds. The highest BCUT2D eigenvalue weighted by atomic mass is 16.3. The number of aromatic amines is 2. The van der Waals surface area contributed by atoms with Crippen molar-refractivity contribution in [2.45, 2.75) is 312 Å². The predicted octanol–water partition coefficient (Wildman–Crippen LogP) is -0.967. The van der Waals surface area contributed by atoms with Crippen molar-refractivity contribution >= 4 is 87.7 Å². The number of hydrogen-bond acceptors (Lipinski definition) is 23. The van der Waals surface area contributed by atoms with Gasteiger partial charge in [0.1, 0.15) is 61.0 Å². The number of carbonyl (C=O) groups is 12. The molecule has 4 aromatic rings. The van der Waals surface area contributed by atoms with Crippen molar-refractivity contribution < 1.29 is 88.2 Å². The number of benzene rings is 2. The third-order valence-corrected chi connectivity index (χ3v) is 22.2. The third kappa shape index (κ3) is 39.4. The molecule has 125 heavy (non-hydrogen) atoms. The minimum absolute atomic E-state index is 0.00480. The van der Waals surface area contributed by atoms with Crippen LogP contribution in [0.1, 0.15) is 218 Å². The highest BCUT2D eigenvalue weighted by molar-refractivity contribution is 5.98. The lowest BCUT2D eigenvalue weighted by Crippen LogP contribution is -2.61. The number of aliphatic hydroxyl groups is 6. The second kappa shape index (κ2) is 58.1. The lowest BCUT2D eigenvalue weighted by Gasteiger charge is -2.33. The van der Waals surface area contributed by atoms with Gasteiger partial charge >= 0.3 is 0 Å². The van der Waals surface area contributed by atoms with Gasteiger partial charge in [0.05, 0.1) is 49.8 Å². The molecule has 6 rings (SSSR count). The lowest BCUT2D eigenvalue weighted by molar-refractivity contribution is -0.137. The minimum Gasteiger partial charge on any atom is -0.394 e. The van der Waals surface area contributed by atoms with Crippen molar-refractivity contribution in [2.24, 2.45) is 33.8 Å². The van der Waals surface area contributed by atoms with Crippen molar-refractivity contribution in [1.82, 2.24) is 83.7 Å². The first-order chi connectivity index (χ1) is 59.9. The largest absolute Gasteiger partial charge is 0.394 e. The van der Waals surface area contributed by atoms with Gasteiger partial charge in [0.25, 0.3) is 0 Å². The molecule has 0 aliphatic carbocycles. The molecule has 0 saturated carbocycles. The predicted molar refractivity (Wildman–Crippen MR) is 469 cm³/mol. The normalized spacial score (nSPS) is 20.9. The summed E-state index contributed by atoms with van der Waals surface area (Å²) in [7, 11) is 1.51. The van der Waals surface area contributed by atoms with Crippen LogP contribution < -0.4 is 86.7 Å². The van der Waals surface area contributed by atoms with Crippen LogP contribution in [0.3, 0.4) is 0 Å². The van der Waals surface area contributed by atoms with Gasteiger partial charge in [-0.05, 0) is 101 Å². The molecule has 2 aliphatic heterocycles. The maximum atomic E-state index is 14.4. The molecule has 2 fully saturated rings. The number of nitrogens with one attached hydrogen (secondary N) is 14. The van der Waals surface area contributed by atoms with Crippen LogP contribution in [0.25, 0.3) is 10.9 Å². The molecular weight excluding hydrogens is 1620 g/mol. The van der Waals surface area contributed by atoms with Gasteiger partial charge in [-0.2, -0.15) is 0 Å². The number of carbonyl (C=O) groups excluding carboxylic acids is 12. The number of amides is 12. The highest BCUT2D eigenvalue weighted by Crippen LogP contribution is 2.27. The summed E-state index contributed by atoms with van der Waals surface area (Å²) in [6.45, 7) is 6.30. The van der Waals surface area contributed by atoms with Crippen molar-refractivity contribution in [3.63, 3.8) is 0 Å². The molecular formula is C86H141N21O18. The summed E-state index contributed by atoms with van der Waals surface area (Å²) >= 11 is 0. The number of nitrogens with two attached hydrogens (primary N) is 4. The monoisotopic (exact) mass is 1760 g/mol. The van der Waals surface area contributed by atoms with Crippen LogP contribution in [0.2, 0.25) is 0 Å². The molecule has 39 nitrogen and oxygen atoms in total. The van der Waals surface area contributed by atoms with E-state index in [1.54, 1.807) is 37.4 Å². The number of nitrogens with zero attached hydrogens (tertiary/aromatic N) is 3. The van der Waals surface area contributed by atoms with E-state index in [-0.39, 0.29) is 108 Å². The van der Waals surface area contributed by atoms with Gasteiger partial charge in [0.15, 0.2) is 5.96 Å². The Morgan fingerprint density at radius 1 is 0.640 bits per heavy atom. The number of rotatable bonds is 46. The second-order valence-corrected chi connectivity index (χ2v) is 32.6. The van der Waals surface area contributed by atoms with E-state index in [9.17, 15) is 88.2 Å². The van der Waals surface area contributed by atoms with Crippen LogP contribution in [-0.4, -0.2) is 258 Å². The summed E-state index contributed by atoms with van der Waals surface area (Å²) in [5.74, 6) is -9.08. The number of hydrogen-bond donors (Lipinski definition) is 24. The number of imidazole rings is 1. The molecule has 2 aromatic carbocycles. The Morgan fingerprint density at radius 2 is 1.24 bits per heavy atom. The molecule has 0 bridgehead atoms. The van der Waals surface area contributed by atoms with E-state index in [0.29, 0.717) is 49.9 Å². The second-order valence-electron chi connectivity index (χ2n) is 32.6. The van der Waals surface area contributed by atoms with Crippen LogP contribution >= 0.6 is 0 Å². The number of aliphatic hydroxyl groups excluding tert-OH is 6. The first-order valence-corrected chi connectivity index (χ1v) is 44.2. The summed E-state index contributed by atoms with van der Waals surface area (Å²) < 4.78 is 0. The maximum Gasteiger partial charge on any atom is 0.245 e.